The first-order valence-corrected chi connectivity index (χ1v) is 7.70. The molecule has 0 aliphatic rings. The molecule has 0 radical (unpaired) electrons. The molecule has 1 aromatic carbocycles. The molecular formula is C18H23N3O. The Balaban J connectivity index is 1.76. The third-order valence-electron chi connectivity index (χ3n) is 3.23. The summed E-state index contributed by atoms with van der Waals surface area (Å²) < 4.78 is 0. The van der Waals surface area contributed by atoms with Gasteiger partial charge in [-0.2, -0.15) is 0 Å². The van der Waals surface area contributed by atoms with Gasteiger partial charge >= 0.3 is 0 Å². The Morgan fingerprint density at radius 1 is 1.14 bits per heavy atom. The van der Waals surface area contributed by atoms with Crippen molar-refractivity contribution in [1.29, 1.82) is 0 Å². The van der Waals surface area contributed by atoms with Gasteiger partial charge in [0.15, 0.2) is 0 Å². The van der Waals surface area contributed by atoms with E-state index in [1.165, 1.54) is 5.56 Å². The Labute approximate surface area is 132 Å². The zero-order valence-electron chi connectivity index (χ0n) is 13.2. The Hall–Kier alpha value is -2.36. The molecule has 4 nitrogen and oxygen atoms in total. The largest absolute Gasteiger partial charge is 0.384 e. The fourth-order valence-corrected chi connectivity index (χ4v) is 2.14. The lowest BCUT2D eigenvalue weighted by atomic mass is 10.1. The van der Waals surface area contributed by atoms with E-state index in [-0.39, 0.29) is 11.9 Å². The van der Waals surface area contributed by atoms with Gasteiger partial charge in [-0.25, -0.2) is 4.98 Å². The van der Waals surface area contributed by atoms with E-state index in [4.69, 9.17) is 0 Å². The van der Waals surface area contributed by atoms with Crippen molar-refractivity contribution in [3.8, 4) is 0 Å². The van der Waals surface area contributed by atoms with Crippen LogP contribution in [0.1, 0.15) is 36.3 Å². The van der Waals surface area contributed by atoms with Crippen LogP contribution >= 0.6 is 0 Å². The number of hydrogen-bond donors (Lipinski definition) is 2. The second-order valence-corrected chi connectivity index (χ2v) is 5.58. The van der Waals surface area contributed by atoms with Crippen molar-refractivity contribution in [1.82, 2.24) is 10.3 Å². The van der Waals surface area contributed by atoms with Crippen LogP contribution in [0.4, 0.5) is 5.69 Å². The molecule has 0 saturated carbocycles. The molecule has 2 N–H and O–H groups in total. The quantitative estimate of drug-likeness (QED) is 0.771. The summed E-state index contributed by atoms with van der Waals surface area (Å²) in [4.78, 5) is 16.0. The number of carbonyl (C=O) groups is 1. The number of benzene rings is 1. The fraction of sp³-hybridized carbons (Fsp3) is 0.333. The number of carbonyl (C=O) groups excluding carboxylic acids is 1. The van der Waals surface area contributed by atoms with Crippen molar-refractivity contribution >= 4 is 11.6 Å². The first kappa shape index (κ1) is 16.0. The summed E-state index contributed by atoms with van der Waals surface area (Å²) in [7, 11) is 0. The number of hydrogen-bond acceptors (Lipinski definition) is 3. The Morgan fingerprint density at radius 2 is 1.91 bits per heavy atom. The molecule has 0 atom stereocenters. The number of nitrogens with one attached hydrogen (secondary N) is 2. The highest BCUT2D eigenvalue weighted by molar-refractivity contribution is 5.92. The van der Waals surface area contributed by atoms with Crippen LogP contribution in [0.25, 0.3) is 0 Å². The molecular weight excluding hydrogens is 274 g/mol. The van der Waals surface area contributed by atoms with Gasteiger partial charge in [-0.15, -0.1) is 0 Å². The Morgan fingerprint density at radius 3 is 2.55 bits per heavy atom. The van der Waals surface area contributed by atoms with Crippen molar-refractivity contribution in [2.45, 2.75) is 32.7 Å². The maximum atomic E-state index is 11.8. The van der Waals surface area contributed by atoms with Crippen LogP contribution in [0, 0.1) is 0 Å². The van der Waals surface area contributed by atoms with E-state index in [1.807, 2.05) is 26.0 Å². The number of anilines is 1. The van der Waals surface area contributed by atoms with Crippen molar-refractivity contribution < 1.29 is 4.79 Å². The van der Waals surface area contributed by atoms with Gasteiger partial charge in [-0.3, -0.25) is 4.79 Å². The summed E-state index contributed by atoms with van der Waals surface area (Å²) in [5, 5.41) is 6.15. The summed E-state index contributed by atoms with van der Waals surface area (Å²) >= 11 is 0. The SMILES string of the molecule is CC(C)NC(=O)c1ccc(NCCCc2ccccc2)cn1. The average Bonchev–Trinajstić information content (AvgIpc) is 2.52. The second-order valence-electron chi connectivity index (χ2n) is 5.58. The third kappa shape index (κ3) is 5.20. The first-order valence-electron chi connectivity index (χ1n) is 7.70. The minimum absolute atomic E-state index is 0.116. The van der Waals surface area contributed by atoms with E-state index in [9.17, 15) is 4.79 Å². The highest BCUT2D eigenvalue weighted by atomic mass is 16.1. The number of rotatable bonds is 7. The number of aryl methyl sites for hydroxylation is 1. The molecule has 0 bridgehead atoms. The van der Waals surface area contributed by atoms with Crippen molar-refractivity contribution in [2.75, 3.05) is 11.9 Å². The summed E-state index contributed by atoms with van der Waals surface area (Å²) in [6.45, 7) is 4.75. The van der Waals surface area contributed by atoms with Crippen LogP contribution in [-0.2, 0) is 6.42 Å². The van der Waals surface area contributed by atoms with Crippen LogP contribution < -0.4 is 10.6 Å². The third-order valence-corrected chi connectivity index (χ3v) is 3.23. The fourth-order valence-electron chi connectivity index (χ4n) is 2.14. The van der Waals surface area contributed by atoms with Gasteiger partial charge in [0.2, 0.25) is 0 Å². The second kappa shape index (κ2) is 8.17. The van der Waals surface area contributed by atoms with Crippen LogP contribution in [-0.4, -0.2) is 23.5 Å². The lowest BCUT2D eigenvalue weighted by Gasteiger charge is -2.09. The highest BCUT2D eigenvalue weighted by Gasteiger charge is 2.07. The summed E-state index contributed by atoms with van der Waals surface area (Å²) in [6, 6.07) is 14.2. The summed E-state index contributed by atoms with van der Waals surface area (Å²) in [6.07, 6.45) is 3.81. The zero-order chi connectivity index (χ0) is 15.8. The van der Waals surface area contributed by atoms with E-state index in [2.05, 4.69) is 39.9 Å². The molecule has 2 aromatic rings. The van der Waals surface area contributed by atoms with E-state index < -0.39 is 0 Å². The van der Waals surface area contributed by atoms with Crippen molar-refractivity contribution in [3.05, 3.63) is 59.9 Å². The normalized spacial score (nSPS) is 10.5. The van der Waals surface area contributed by atoms with Crippen LogP contribution in [0.2, 0.25) is 0 Å². The number of nitrogens with zero attached hydrogens (tertiary/aromatic N) is 1. The topological polar surface area (TPSA) is 54.0 Å². The minimum Gasteiger partial charge on any atom is -0.384 e. The van der Waals surface area contributed by atoms with Gasteiger partial charge in [0, 0.05) is 12.6 Å². The maximum Gasteiger partial charge on any atom is 0.270 e. The number of aromatic nitrogens is 1. The van der Waals surface area contributed by atoms with Gasteiger partial charge < -0.3 is 10.6 Å². The predicted molar refractivity (Wildman–Crippen MR) is 90.1 cm³/mol. The van der Waals surface area contributed by atoms with Gasteiger partial charge in [0.05, 0.1) is 11.9 Å². The van der Waals surface area contributed by atoms with Crippen LogP contribution in [0.3, 0.4) is 0 Å². The van der Waals surface area contributed by atoms with Gasteiger partial charge in [-0.05, 0) is 44.4 Å². The molecule has 1 heterocycles. The molecule has 1 amide bonds. The Bertz CT molecular complexity index is 579. The van der Waals surface area contributed by atoms with E-state index in [0.717, 1.165) is 25.1 Å². The molecule has 4 heteroatoms. The van der Waals surface area contributed by atoms with Crippen LogP contribution in [0.5, 0.6) is 0 Å². The molecule has 0 unspecified atom stereocenters. The maximum absolute atomic E-state index is 11.8. The number of pyridine rings is 1. The minimum atomic E-state index is -0.134. The lowest BCUT2D eigenvalue weighted by Crippen LogP contribution is -2.30. The van der Waals surface area contributed by atoms with Crippen LogP contribution in [0.15, 0.2) is 48.7 Å². The van der Waals surface area contributed by atoms with Gasteiger partial charge in [-0.1, -0.05) is 30.3 Å². The molecule has 0 saturated heterocycles. The molecule has 0 aliphatic carbocycles. The number of amides is 1. The van der Waals surface area contributed by atoms with Gasteiger partial charge in [0.25, 0.3) is 5.91 Å². The van der Waals surface area contributed by atoms with Crippen molar-refractivity contribution in [3.63, 3.8) is 0 Å². The molecule has 0 aliphatic heterocycles. The van der Waals surface area contributed by atoms with E-state index in [0.29, 0.717) is 5.69 Å². The lowest BCUT2D eigenvalue weighted by molar-refractivity contribution is 0.0938. The molecule has 116 valence electrons. The Kier molecular flexibility index (Phi) is 5.95. The highest BCUT2D eigenvalue weighted by Crippen LogP contribution is 2.08. The average molecular weight is 297 g/mol. The molecule has 0 spiro atoms. The van der Waals surface area contributed by atoms with Gasteiger partial charge in [0.1, 0.15) is 5.69 Å². The van der Waals surface area contributed by atoms with Crippen molar-refractivity contribution in [2.24, 2.45) is 0 Å². The monoisotopic (exact) mass is 297 g/mol. The summed E-state index contributed by atoms with van der Waals surface area (Å²) in [5.41, 5.74) is 2.74. The smallest absolute Gasteiger partial charge is 0.270 e. The summed E-state index contributed by atoms with van der Waals surface area (Å²) in [5.74, 6) is -0.134. The zero-order valence-corrected chi connectivity index (χ0v) is 13.2. The van der Waals surface area contributed by atoms with E-state index in [1.54, 1.807) is 12.3 Å². The molecule has 2 rings (SSSR count). The molecule has 22 heavy (non-hydrogen) atoms. The molecule has 1 aromatic heterocycles. The molecule has 0 fully saturated rings. The first-order chi connectivity index (χ1) is 10.6. The standard InChI is InChI=1S/C18H23N3O/c1-14(2)21-18(22)17-11-10-16(13-20-17)19-12-6-9-15-7-4-3-5-8-15/h3-5,7-8,10-11,13-14,19H,6,9,12H2,1-2H3,(H,21,22). The van der Waals surface area contributed by atoms with E-state index >= 15 is 0 Å². The predicted octanol–water partition coefficient (Wildman–Crippen LogP) is 3.26.